The van der Waals surface area contributed by atoms with Crippen LogP contribution in [0.2, 0.25) is 0 Å². The van der Waals surface area contributed by atoms with Crippen LogP contribution >= 0.6 is 24.8 Å². The van der Waals surface area contributed by atoms with E-state index >= 15 is 0 Å². The van der Waals surface area contributed by atoms with Crippen LogP contribution in [-0.4, -0.2) is 55.2 Å². The third kappa shape index (κ3) is 9.77. The number of nitrogens with one attached hydrogen (secondary N) is 1. The lowest BCUT2D eigenvalue weighted by molar-refractivity contribution is -0.121. The maximum Gasteiger partial charge on any atom is 0.220 e. The van der Waals surface area contributed by atoms with E-state index in [1.165, 1.54) is 0 Å². The third-order valence-electron chi connectivity index (χ3n) is 3.08. The predicted molar refractivity (Wildman–Crippen MR) is 86.9 cm³/mol. The molecule has 1 fully saturated rings. The van der Waals surface area contributed by atoms with E-state index in [0.717, 1.165) is 32.7 Å². The Labute approximate surface area is 134 Å². The van der Waals surface area contributed by atoms with Crippen LogP contribution in [0.15, 0.2) is 0 Å². The Morgan fingerprint density at radius 2 is 2.10 bits per heavy atom. The second kappa shape index (κ2) is 10.6. The minimum absolute atomic E-state index is 0. The Morgan fingerprint density at radius 3 is 2.65 bits per heavy atom. The molecule has 1 saturated heterocycles. The maximum absolute atomic E-state index is 11.5. The molecule has 122 valence electrons. The molecular formula is C13H29Cl2N3O2. The summed E-state index contributed by atoms with van der Waals surface area (Å²) in [6.45, 7) is 10.3. The molecule has 0 aliphatic carbocycles. The van der Waals surface area contributed by atoms with Crippen molar-refractivity contribution in [2.75, 3.05) is 32.8 Å². The second-order valence-electron chi connectivity index (χ2n) is 5.75. The summed E-state index contributed by atoms with van der Waals surface area (Å²) < 4.78 is 5.64. The van der Waals surface area contributed by atoms with Crippen molar-refractivity contribution < 1.29 is 9.53 Å². The fraction of sp³-hybridized carbons (Fsp3) is 0.923. The highest BCUT2D eigenvalue weighted by Gasteiger charge is 2.26. The molecule has 1 atom stereocenters. The van der Waals surface area contributed by atoms with Crippen molar-refractivity contribution in [3.05, 3.63) is 0 Å². The van der Waals surface area contributed by atoms with E-state index in [-0.39, 0.29) is 42.4 Å². The SMILES string of the molecule is CC(N)CCC(=O)NCCN1CCOC(C)(C)C1.Cl.Cl. The lowest BCUT2D eigenvalue weighted by Crippen LogP contribution is -2.50. The first-order chi connectivity index (χ1) is 8.39. The molecule has 0 radical (unpaired) electrons. The molecule has 20 heavy (non-hydrogen) atoms. The minimum Gasteiger partial charge on any atom is -0.373 e. The molecule has 0 aromatic heterocycles. The van der Waals surface area contributed by atoms with Gasteiger partial charge in [0.25, 0.3) is 0 Å². The lowest BCUT2D eigenvalue weighted by Gasteiger charge is -2.38. The first kappa shape index (κ1) is 22.2. The summed E-state index contributed by atoms with van der Waals surface area (Å²) in [5.41, 5.74) is 5.54. The number of rotatable bonds is 6. The van der Waals surface area contributed by atoms with Gasteiger partial charge in [-0.3, -0.25) is 9.69 Å². The Kier molecular flexibility index (Phi) is 11.8. The van der Waals surface area contributed by atoms with Gasteiger partial charge in [0.05, 0.1) is 12.2 Å². The first-order valence-electron chi connectivity index (χ1n) is 6.78. The molecule has 1 aliphatic rings. The summed E-state index contributed by atoms with van der Waals surface area (Å²) >= 11 is 0. The molecular weight excluding hydrogens is 301 g/mol. The van der Waals surface area contributed by atoms with Crippen molar-refractivity contribution in [1.29, 1.82) is 0 Å². The van der Waals surface area contributed by atoms with Gasteiger partial charge < -0.3 is 15.8 Å². The molecule has 3 N–H and O–H groups in total. The van der Waals surface area contributed by atoms with Gasteiger partial charge in [-0.1, -0.05) is 0 Å². The minimum atomic E-state index is -0.0722. The van der Waals surface area contributed by atoms with E-state index in [1.807, 2.05) is 6.92 Å². The van der Waals surface area contributed by atoms with Crippen LogP contribution < -0.4 is 11.1 Å². The van der Waals surface area contributed by atoms with Gasteiger partial charge in [0, 0.05) is 38.6 Å². The fourth-order valence-electron chi connectivity index (χ4n) is 2.11. The summed E-state index contributed by atoms with van der Waals surface area (Å²) in [6.07, 6.45) is 1.27. The van der Waals surface area contributed by atoms with Gasteiger partial charge in [0.2, 0.25) is 5.91 Å². The number of nitrogens with two attached hydrogens (primary N) is 1. The van der Waals surface area contributed by atoms with Crippen molar-refractivity contribution in [3.8, 4) is 0 Å². The van der Waals surface area contributed by atoms with Crippen molar-refractivity contribution in [2.45, 2.75) is 45.3 Å². The molecule has 0 spiro atoms. The number of morpholine rings is 1. The number of ether oxygens (including phenoxy) is 1. The van der Waals surface area contributed by atoms with Gasteiger partial charge in [-0.2, -0.15) is 0 Å². The number of carbonyl (C=O) groups is 1. The molecule has 1 aliphatic heterocycles. The number of carbonyl (C=O) groups excluding carboxylic acids is 1. The van der Waals surface area contributed by atoms with Crippen LogP contribution in [0.4, 0.5) is 0 Å². The fourth-order valence-corrected chi connectivity index (χ4v) is 2.11. The Balaban J connectivity index is 0. The zero-order valence-electron chi connectivity index (χ0n) is 12.7. The van der Waals surface area contributed by atoms with Crippen molar-refractivity contribution in [1.82, 2.24) is 10.2 Å². The number of hydrogen-bond donors (Lipinski definition) is 2. The number of halogens is 2. The molecule has 1 amide bonds. The molecule has 0 saturated carbocycles. The number of hydrogen-bond acceptors (Lipinski definition) is 4. The predicted octanol–water partition coefficient (Wildman–Crippen LogP) is 1.18. The summed E-state index contributed by atoms with van der Waals surface area (Å²) in [5.74, 6) is 0.0971. The normalized spacial score (nSPS) is 19.4. The van der Waals surface area contributed by atoms with Crippen molar-refractivity contribution >= 4 is 30.7 Å². The highest BCUT2D eigenvalue weighted by Crippen LogP contribution is 2.15. The summed E-state index contributed by atoms with van der Waals surface area (Å²) in [4.78, 5) is 13.8. The Morgan fingerprint density at radius 1 is 1.45 bits per heavy atom. The van der Waals surface area contributed by atoms with Crippen LogP contribution in [0.25, 0.3) is 0 Å². The average Bonchev–Trinajstić information content (AvgIpc) is 2.25. The van der Waals surface area contributed by atoms with E-state index in [9.17, 15) is 4.79 Å². The van der Waals surface area contributed by atoms with Crippen molar-refractivity contribution in [2.24, 2.45) is 5.73 Å². The van der Waals surface area contributed by atoms with Crippen molar-refractivity contribution in [3.63, 3.8) is 0 Å². The summed E-state index contributed by atoms with van der Waals surface area (Å²) in [7, 11) is 0. The average molecular weight is 330 g/mol. The second-order valence-corrected chi connectivity index (χ2v) is 5.75. The van der Waals surface area contributed by atoms with Gasteiger partial charge >= 0.3 is 0 Å². The highest BCUT2D eigenvalue weighted by molar-refractivity contribution is 5.85. The van der Waals surface area contributed by atoms with Crippen LogP contribution in [0, 0.1) is 0 Å². The highest BCUT2D eigenvalue weighted by atomic mass is 35.5. The zero-order chi connectivity index (χ0) is 13.6. The summed E-state index contributed by atoms with van der Waals surface area (Å²) in [5, 5.41) is 2.94. The molecule has 5 nitrogen and oxygen atoms in total. The monoisotopic (exact) mass is 329 g/mol. The zero-order valence-corrected chi connectivity index (χ0v) is 14.3. The molecule has 0 aromatic rings. The number of nitrogens with zero attached hydrogens (tertiary/aromatic N) is 1. The van der Waals surface area contributed by atoms with Crippen LogP contribution in [0.5, 0.6) is 0 Å². The van der Waals surface area contributed by atoms with Gasteiger partial charge in [-0.05, 0) is 27.2 Å². The van der Waals surface area contributed by atoms with Gasteiger partial charge in [-0.25, -0.2) is 0 Å². The molecule has 1 unspecified atom stereocenters. The quantitative estimate of drug-likeness (QED) is 0.768. The standard InChI is InChI=1S/C13H27N3O2.2ClH/c1-11(14)4-5-12(17)15-6-7-16-8-9-18-13(2,3)10-16;;/h11H,4-10,14H2,1-3H3,(H,15,17);2*1H. The van der Waals surface area contributed by atoms with E-state index in [1.54, 1.807) is 0 Å². The molecule has 1 rings (SSSR count). The van der Waals surface area contributed by atoms with Crippen LogP contribution in [0.3, 0.4) is 0 Å². The smallest absolute Gasteiger partial charge is 0.220 e. The van der Waals surface area contributed by atoms with Gasteiger partial charge in [-0.15, -0.1) is 24.8 Å². The molecule has 1 heterocycles. The molecule has 0 aromatic carbocycles. The van der Waals surface area contributed by atoms with E-state index < -0.39 is 0 Å². The number of amides is 1. The van der Waals surface area contributed by atoms with E-state index in [0.29, 0.717) is 13.0 Å². The molecule has 0 bridgehead atoms. The largest absolute Gasteiger partial charge is 0.373 e. The maximum atomic E-state index is 11.5. The first-order valence-corrected chi connectivity index (χ1v) is 6.78. The van der Waals surface area contributed by atoms with Crippen LogP contribution in [0.1, 0.15) is 33.6 Å². The van der Waals surface area contributed by atoms with Crippen LogP contribution in [-0.2, 0) is 9.53 Å². The molecule has 7 heteroatoms. The topological polar surface area (TPSA) is 67.6 Å². The van der Waals surface area contributed by atoms with Gasteiger partial charge in [0.15, 0.2) is 0 Å². The summed E-state index contributed by atoms with van der Waals surface area (Å²) in [6, 6.07) is 0.0933. The van der Waals surface area contributed by atoms with E-state index in [2.05, 4.69) is 24.1 Å². The Hall–Kier alpha value is -0.0700. The lowest BCUT2D eigenvalue weighted by atomic mass is 10.1. The Bertz CT molecular complexity index is 276. The third-order valence-corrected chi connectivity index (χ3v) is 3.08. The van der Waals surface area contributed by atoms with E-state index in [4.69, 9.17) is 10.5 Å². The van der Waals surface area contributed by atoms with Gasteiger partial charge in [0.1, 0.15) is 0 Å².